The summed E-state index contributed by atoms with van der Waals surface area (Å²) in [5, 5.41) is 3.44. The summed E-state index contributed by atoms with van der Waals surface area (Å²) in [7, 11) is 0. The molecule has 1 aromatic carbocycles. The van der Waals surface area contributed by atoms with Gasteiger partial charge in [-0.15, -0.1) is 0 Å². The van der Waals surface area contributed by atoms with Crippen molar-refractivity contribution >= 4 is 5.69 Å². The first-order chi connectivity index (χ1) is 8.22. The first-order valence-corrected chi connectivity index (χ1v) is 6.49. The van der Waals surface area contributed by atoms with Crippen LogP contribution in [0.5, 0.6) is 0 Å². The fraction of sp³-hybridized carbons (Fsp3) is 0.571. The average molecular weight is 234 g/mol. The summed E-state index contributed by atoms with van der Waals surface area (Å²) in [6, 6.07) is 6.74. The van der Waals surface area contributed by atoms with Crippen LogP contribution in [0, 0.1) is 12.7 Å². The molecule has 1 aromatic rings. The second-order valence-corrected chi connectivity index (χ2v) is 5.32. The van der Waals surface area contributed by atoms with E-state index in [1.54, 1.807) is 13.0 Å². The number of hydrogen-bond donors (Lipinski definition) is 1. The van der Waals surface area contributed by atoms with Crippen LogP contribution >= 0.6 is 0 Å². The summed E-state index contributed by atoms with van der Waals surface area (Å²) < 4.78 is 13.4. The van der Waals surface area contributed by atoms with Gasteiger partial charge < -0.3 is 5.32 Å². The molecule has 0 radical (unpaired) electrons. The third-order valence-electron chi connectivity index (χ3n) is 3.83. The van der Waals surface area contributed by atoms with Crippen LogP contribution in [0.4, 0.5) is 10.1 Å². The van der Waals surface area contributed by atoms with Crippen molar-refractivity contribution in [2.45, 2.75) is 38.3 Å². The Balaban J connectivity index is 1.61. The second-order valence-electron chi connectivity index (χ2n) is 5.32. The number of likely N-dealkylation sites (tertiary alicyclic amines) is 1. The minimum absolute atomic E-state index is 0.118. The Labute approximate surface area is 102 Å². The van der Waals surface area contributed by atoms with E-state index < -0.39 is 0 Å². The fourth-order valence-corrected chi connectivity index (χ4v) is 2.59. The highest BCUT2D eigenvalue weighted by Gasteiger charge is 2.34. The van der Waals surface area contributed by atoms with E-state index in [1.165, 1.54) is 25.8 Å². The highest BCUT2D eigenvalue weighted by molar-refractivity contribution is 5.46. The van der Waals surface area contributed by atoms with Crippen LogP contribution in [-0.4, -0.2) is 30.1 Å². The maximum absolute atomic E-state index is 13.4. The lowest BCUT2D eigenvalue weighted by atomic mass is 10.2. The molecule has 1 heterocycles. The average Bonchev–Trinajstić information content (AvgIpc) is 3.06. The van der Waals surface area contributed by atoms with Crippen LogP contribution in [0.25, 0.3) is 0 Å². The number of nitrogens with one attached hydrogen (secondary N) is 1. The highest BCUT2D eigenvalue weighted by Crippen LogP contribution is 2.30. The first kappa shape index (κ1) is 11.0. The van der Waals surface area contributed by atoms with E-state index >= 15 is 0 Å². The van der Waals surface area contributed by atoms with E-state index in [0.717, 1.165) is 18.3 Å². The third-order valence-corrected chi connectivity index (χ3v) is 3.83. The summed E-state index contributed by atoms with van der Waals surface area (Å²) in [5.41, 5.74) is 1.62. The van der Waals surface area contributed by atoms with Gasteiger partial charge in [-0.25, -0.2) is 4.39 Å². The van der Waals surface area contributed by atoms with Crippen molar-refractivity contribution in [2.75, 3.05) is 18.4 Å². The Morgan fingerprint density at radius 3 is 2.82 bits per heavy atom. The molecule has 1 aliphatic heterocycles. The zero-order valence-electron chi connectivity index (χ0n) is 10.2. The van der Waals surface area contributed by atoms with Gasteiger partial charge in [0.1, 0.15) is 5.82 Å². The van der Waals surface area contributed by atoms with Crippen molar-refractivity contribution in [1.82, 2.24) is 4.90 Å². The SMILES string of the molecule is Cc1ccc(NC2CCN(C3CC3)C2)cc1F. The molecule has 1 saturated heterocycles. The molecular weight excluding hydrogens is 215 g/mol. The molecule has 1 N–H and O–H groups in total. The number of anilines is 1. The molecular formula is C14H19FN2. The number of benzene rings is 1. The van der Waals surface area contributed by atoms with Gasteiger partial charge in [-0.05, 0) is 43.9 Å². The van der Waals surface area contributed by atoms with Gasteiger partial charge in [0.15, 0.2) is 0 Å². The topological polar surface area (TPSA) is 15.3 Å². The lowest BCUT2D eigenvalue weighted by molar-refractivity contribution is 0.326. The summed E-state index contributed by atoms with van der Waals surface area (Å²) in [6.45, 7) is 4.10. The lowest BCUT2D eigenvalue weighted by Crippen LogP contribution is -2.27. The fourth-order valence-electron chi connectivity index (χ4n) is 2.59. The summed E-state index contributed by atoms with van der Waals surface area (Å²) in [5.74, 6) is -0.118. The van der Waals surface area contributed by atoms with E-state index in [1.807, 2.05) is 12.1 Å². The summed E-state index contributed by atoms with van der Waals surface area (Å²) in [6.07, 6.45) is 3.91. The molecule has 2 nitrogen and oxygen atoms in total. The number of nitrogens with zero attached hydrogens (tertiary/aromatic N) is 1. The van der Waals surface area contributed by atoms with Crippen molar-refractivity contribution < 1.29 is 4.39 Å². The third kappa shape index (κ3) is 2.44. The van der Waals surface area contributed by atoms with Gasteiger partial charge in [0.05, 0.1) is 0 Å². The molecule has 1 unspecified atom stereocenters. The van der Waals surface area contributed by atoms with Crippen LogP contribution < -0.4 is 5.32 Å². The summed E-state index contributed by atoms with van der Waals surface area (Å²) >= 11 is 0. The molecule has 0 bridgehead atoms. The normalized spacial score (nSPS) is 25.2. The Bertz CT molecular complexity index is 415. The number of hydrogen-bond acceptors (Lipinski definition) is 2. The van der Waals surface area contributed by atoms with E-state index in [9.17, 15) is 4.39 Å². The molecule has 0 spiro atoms. The lowest BCUT2D eigenvalue weighted by Gasteiger charge is -2.16. The Kier molecular flexibility index (Phi) is 2.79. The molecule has 3 heteroatoms. The van der Waals surface area contributed by atoms with Gasteiger partial charge in [-0.1, -0.05) is 6.07 Å². The van der Waals surface area contributed by atoms with Gasteiger partial charge >= 0.3 is 0 Å². The van der Waals surface area contributed by atoms with Crippen molar-refractivity contribution in [3.05, 3.63) is 29.6 Å². The summed E-state index contributed by atoms with van der Waals surface area (Å²) in [4.78, 5) is 2.56. The smallest absolute Gasteiger partial charge is 0.128 e. The largest absolute Gasteiger partial charge is 0.381 e. The highest BCUT2D eigenvalue weighted by atomic mass is 19.1. The molecule has 0 aromatic heterocycles. The standard InChI is InChI=1S/C14H19FN2/c1-10-2-3-11(8-14(10)15)16-12-6-7-17(9-12)13-4-5-13/h2-3,8,12-13,16H,4-7,9H2,1H3. The molecule has 17 heavy (non-hydrogen) atoms. The van der Waals surface area contributed by atoms with Gasteiger partial charge in [0, 0.05) is 30.9 Å². The second kappa shape index (κ2) is 4.30. The van der Waals surface area contributed by atoms with E-state index in [-0.39, 0.29) is 5.82 Å². The van der Waals surface area contributed by atoms with Crippen LogP contribution in [0.1, 0.15) is 24.8 Å². The molecule has 1 atom stereocenters. The van der Waals surface area contributed by atoms with Gasteiger partial charge in [0.25, 0.3) is 0 Å². The van der Waals surface area contributed by atoms with Crippen LogP contribution in [0.15, 0.2) is 18.2 Å². The Morgan fingerprint density at radius 2 is 2.12 bits per heavy atom. The minimum atomic E-state index is -0.118. The van der Waals surface area contributed by atoms with Crippen LogP contribution in [0.3, 0.4) is 0 Å². The van der Waals surface area contributed by atoms with Crippen LogP contribution in [-0.2, 0) is 0 Å². The predicted octanol–water partition coefficient (Wildman–Crippen LogP) is 2.78. The molecule has 2 aliphatic rings. The van der Waals surface area contributed by atoms with E-state index in [0.29, 0.717) is 11.6 Å². The first-order valence-electron chi connectivity index (χ1n) is 6.49. The van der Waals surface area contributed by atoms with Crippen molar-refractivity contribution in [1.29, 1.82) is 0 Å². The molecule has 1 aliphatic carbocycles. The van der Waals surface area contributed by atoms with E-state index in [4.69, 9.17) is 0 Å². The number of halogens is 1. The van der Waals surface area contributed by atoms with Gasteiger partial charge in [-0.2, -0.15) is 0 Å². The maximum atomic E-state index is 13.4. The van der Waals surface area contributed by atoms with Gasteiger partial charge in [0.2, 0.25) is 0 Å². The van der Waals surface area contributed by atoms with Crippen molar-refractivity contribution in [3.8, 4) is 0 Å². The maximum Gasteiger partial charge on any atom is 0.128 e. The Hall–Kier alpha value is -1.09. The molecule has 2 fully saturated rings. The number of aryl methyl sites for hydroxylation is 1. The quantitative estimate of drug-likeness (QED) is 0.865. The molecule has 0 amide bonds. The zero-order chi connectivity index (χ0) is 11.8. The number of rotatable bonds is 3. The van der Waals surface area contributed by atoms with Crippen molar-refractivity contribution in [2.24, 2.45) is 0 Å². The monoisotopic (exact) mass is 234 g/mol. The zero-order valence-corrected chi connectivity index (χ0v) is 10.2. The van der Waals surface area contributed by atoms with E-state index in [2.05, 4.69) is 10.2 Å². The van der Waals surface area contributed by atoms with Gasteiger partial charge in [-0.3, -0.25) is 4.90 Å². The molecule has 3 rings (SSSR count). The Morgan fingerprint density at radius 1 is 1.29 bits per heavy atom. The van der Waals surface area contributed by atoms with Crippen molar-refractivity contribution in [3.63, 3.8) is 0 Å². The minimum Gasteiger partial charge on any atom is -0.381 e. The predicted molar refractivity (Wildman–Crippen MR) is 67.8 cm³/mol. The molecule has 92 valence electrons. The van der Waals surface area contributed by atoms with Crippen LogP contribution in [0.2, 0.25) is 0 Å². The molecule has 1 saturated carbocycles.